The number of rotatable bonds is 2. The van der Waals surface area contributed by atoms with Crippen LogP contribution in [0.2, 0.25) is 0 Å². The van der Waals surface area contributed by atoms with Crippen LogP contribution in [0.1, 0.15) is 29.8 Å². The van der Waals surface area contributed by atoms with Crippen molar-refractivity contribution in [1.82, 2.24) is 9.88 Å². The lowest BCUT2D eigenvalue weighted by atomic mass is 9.97. The molecular weight excluding hydrogens is 284 g/mol. The third-order valence-electron chi connectivity index (χ3n) is 4.88. The minimum atomic E-state index is 0.267. The molecule has 0 radical (unpaired) electrons. The van der Waals surface area contributed by atoms with E-state index in [1.165, 1.54) is 21.9 Å². The van der Waals surface area contributed by atoms with Gasteiger partial charge in [0.2, 0.25) is 0 Å². The molecule has 1 aliphatic heterocycles. The second-order valence-corrected chi connectivity index (χ2v) is 6.27. The van der Waals surface area contributed by atoms with Gasteiger partial charge in [0.1, 0.15) is 5.75 Å². The van der Waals surface area contributed by atoms with Crippen molar-refractivity contribution >= 4 is 10.8 Å². The van der Waals surface area contributed by atoms with Crippen LogP contribution in [0.3, 0.4) is 0 Å². The largest absolute Gasteiger partial charge is 0.508 e. The number of aromatic hydroxyl groups is 1. The zero-order valence-corrected chi connectivity index (χ0v) is 13.2. The number of hydrogen-bond acceptors (Lipinski definition) is 3. The number of nitrogens with zero attached hydrogens (tertiary/aromatic N) is 2. The second-order valence-electron chi connectivity index (χ2n) is 6.27. The van der Waals surface area contributed by atoms with Gasteiger partial charge in [-0.25, -0.2) is 0 Å². The van der Waals surface area contributed by atoms with Crippen molar-refractivity contribution in [2.75, 3.05) is 6.54 Å². The maximum absolute atomic E-state index is 9.64. The second kappa shape index (κ2) is 5.67. The van der Waals surface area contributed by atoms with Gasteiger partial charge in [-0.15, -0.1) is 0 Å². The quantitative estimate of drug-likeness (QED) is 0.775. The van der Waals surface area contributed by atoms with Crippen molar-refractivity contribution in [2.24, 2.45) is 0 Å². The van der Waals surface area contributed by atoms with Gasteiger partial charge < -0.3 is 5.11 Å². The van der Waals surface area contributed by atoms with E-state index in [-0.39, 0.29) is 6.04 Å². The predicted octanol–water partition coefficient (Wildman–Crippen LogP) is 4.06. The van der Waals surface area contributed by atoms with Gasteiger partial charge in [0.25, 0.3) is 0 Å². The van der Waals surface area contributed by atoms with Crippen LogP contribution in [0.15, 0.2) is 54.7 Å². The molecule has 4 rings (SSSR count). The topological polar surface area (TPSA) is 36.4 Å². The Morgan fingerprint density at radius 2 is 1.96 bits per heavy atom. The van der Waals surface area contributed by atoms with Crippen LogP contribution in [-0.2, 0) is 13.0 Å². The molecular formula is C20H20N2O. The van der Waals surface area contributed by atoms with Crippen LogP contribution >= 0.6 is 0 Å². The normalized spacial score (nSPS) is 16.2. The van der Waals surface area contributed by atoms with Gasteiger partial charge in [0.05, 0.1) is 11.7 Å². The highest BCUT2D eigenvalue weighted by atomic mass is 16.3. The number of hydrogen-bond donors (Lipinski definition) is 1. The monoisotopic (exact) mass is 304 g/mol. The highest BCUT2D eigenvalue weighted by Crippen LogP contribution is 2.31. The third kappa shape index (κ3) is 2.57. The van der Waals surface area contributed by atoms with Crippen molar-refractivity contribution in [2.45, 2.75) is 25.9 Å². The summed E-state index contributed by atoms with van der Waals surface area (Å²) in [5.41, 5.74) is 3.71. The Morgan fingerprint density at radius 3 is 2.87 bits per heavy atom. The van der Waals surface area contributed by atoms with E-state index in [1.807, 2.05) is 18.3 Å². The van der Waals surface area contributed by atoms with Gasteiger partial charge in [0, 0.05) is 24.7 Å². The maximum Gasteiger partial charge on any atom is 0.115 e. The predicted molar refractivity (Wildman–Crippen MR) is 92.4 cm³/mol. The van der Waals surface area contributed by atoms with E-state index in [0.29, 0.717) is 5.75 Å². The highest BCUT2D eigenvalue weighted by molar-refractivity contribution is 5.84. The molecule has 3 nitrogen and oxygen atoms in total. The summed E-state index contributed by atoms with van der Waals surface area (Å²) in [5.74, 6) is 0.362. The van der Waals surface area contributed by atoms with Crippen LogP contribution in [0.4, 0.5) is 0 Å². The summed E-state index contributed by atoms with van der Waals surface area (Å²) in [7, 11) is 0. The summed E-state index contributed by atoms with van der Waals surface area (Å²) in [6.45, 7) is 4.13. The number of aromatic nitrogens is 1. The molecule has 0 saturated heterocycles. The molecule has 0 fully saturated rings. The minimum absolute atomic E-state index is 0.267. The van der Waals surface area contributed by atoms with E-state index >= 15 is 0 Å². The zero-order valence-electron chi connectivity index (χ0n) is 13.2. The summed E-state index contributed by atoms with van der Waals surface area (Å²) < 4.78 is 0. The standard InChI is InChI=1S/C20H20N2O/c1-14(20-19-5-3-2-4-15(19)8-10-21-20)22-11-9-16-12-18(23)7-6-17(16)13-22/h2-8,10,12,14,23H,9,11,13H2,1H3. The van der Waals surface area contributed by atoms with Crippen molar-refractivity contribution in [3.63, 3.8) is 0 Å². The maximum atomic E-state index is 9.64. The van der Waals surface area contributed by atoms with Gasteiger partial charge in [-0.2, -0.15) is 0 Å². The van der Waals surface area contributed by atoms with E-state index in [1.54, 1.807) is 6.07 Å². The Morgan fingerprint density at radius 1 is 1.09 bits per heavy atom. The van der Waals surface area contributed by atoms with E-state index in [9.17, 15) is 5.11 Å². The number of benzene rings is 2. The molecule has 3 aromatic rings. The molecule has 1 aliphatic rings. The summed E-state index contributed by atoms with van der Waals surface area (Å²) >= 11 is 0. The molecule has 0 aliphatic carbocycles. The van der Waals surface area contributed by atoms with E-state index in [0.717, 1.165) is 25.2 Å². The van der Waals surface area contributed by atoms with Crippen LogP contribution < -0.4 is 0 Å². The smallest absolute Gasteiger partial charge is 0.115 e. The Hall–Kier alpha value is -2.39. The third-order valence-corrected chi connectivity index (χ3v) is 4.88. The van der Waals surface area contributed by atoms with Crippen LogP contribution in [0.5, 0.6) is 5.75 Å². The molecule has 1 aromatic heterocycles. The number of phenols is 1. The van der Waals surface area contributed by atoms with Crippen LogP contribution in [0.25, 0.3) is 10.8 Å². The Labute approximate surface area is 136 Å². The molecule has 2 aromatic carbocycles. The number of pyridine rings is 1. The van der Waals surface area contributed by atoms with Gasteiger partial charge in [0.15, 0.2) is 0 Å². The van der Waals surface area contributed by atoms with Crippen molar-refractivity contribution < 1.29 is 5.11 Å². The summed E-state index contributed by atoms with van der Waals surface area (Å²) in [4.78, 5) is 7.14. The molecule has 2 heterocycles. The molecule has 0 amide bonds. The molecule has 1 atom stereocenters. The number of phenolic OH excluding ortho intramolecular Hbond substituents is 1. The first-order valence-corrected chi connectivity index (χ1v) is 8.11. The van der Waals surface area contributed by atoms with Crippen molar-refractivity contribution in [3.05, 3.63) is 71.5 Å². The fraction of sp³-hybridized carbons (Fsp3) is 0.250. The first-order valence-electron chi connectivity index (χ1n) is 8.11. The average Bonchev–Trinajstić information content (AvgIpc) is 2.60. The first-order chi connectivity index (χ1) is 11.2. The molecule has 0 spiro atoms. The molecule has 0 saturated carbocycles. The Kier molecular flexibility index (Phi) is 3.50. The highest BCUT2D eigenvalue weighted by Gasteiger charge is 2.23. The van der Waals surface area contributed by atoms with E-state index in [2.05, 4.69) is 47.1 Å². The van der Waals surface area contributed by atoms with Crippen LogP contribution in [0, 0.1) is 0 Å². The molecule has 116 valence electrons. The average molecular weight is 304 g/mol. The van der Waals surface area contributed by atoms with Gasteiger partial charge in [-0.3, -0.25) is 9.88 Å². The zero-order chi connectivity index (χ0) is 15.8. The van der Waals surface area contributed by atoms with Crippen molar-refractivity contribution in [1.29, 1.82) is 0 Å². The van der Waals surface area contributed by atoms with Gasteiger partial charge in [-0.1, -0.05) is 30.3 Å². The first kappa shape index (κ1) is 14.2. The lowest BCUT2D eigenvalue weighted by molar-refractivity contribution is 0.190. The number of fused-ring (bicyclic) bond motifs is 2. The van der Waals surface area contributed by atoms with Crippen LogP contribution in [-0.4, -0.2) is 21.5 Å². The van der Waals surface area contributed by atoms with E-state index < -0.39 is 0 Å². The molecule has 23 heavy (non-hydrogen) atoms. The Balaban J connectivity index is 1.67. The van der Waals surface area contributed by atoms with Gasteiger partial charge >= 0.3 is 0 Å². The summed E-state index contributed by atoms with van der Waals surface area (Å²) in [6, 6.07) is 16.5. The lowest BCUT2D eigenvalue weighted by Crippen LogP contribution is -2.33. The molecule has 1 N–H and O–H groups in total. The van der Waals surface area contributed by atoms with Gasteiger partial charge in [-0.05, 0) is 48.1 Å². The fourth-order valence-corrected chi connectivity index (χ4v) is 3.54. The molecule has 0 bridgehead atoms. The Bertz CT molecular complexity index is 854. The minimum Gasteiger partial charge on any atom is -0.508 e. The molecule has 1 unspecified atom stereocenters. The SMILES string of the molecule is CC(c1nccc2ccccc12)N1CCc2cc(O)ccc2C1. The lowest BCUT2D eigenvalue weighted by Gasteiger charge is -2.33. The van der Waals surface area contributed by atoms with Crippen molar-refractivity contribution in [3.8, 4) is 5.75 Å². The summed E-state index contributed by atoms with van der Waals surface area (Å²) in [5, 5.41) is 12.1. The summed E-state index contributed by atoms with van der Waals surface area (Å²) in [6.07, 6.45) is 2.88. The molecule has 3 heteroatoms. The fourth-order valence-electron chi connectivity index (χ4n) is 3.54. The van der Waals surface area contributed by atoms with E-state index in [4.69, 9.17) is 0 Å².